The Bertz CT molecular complexity index is 1430. The highest BCUT2D eigenvalue weighted by atomic mass is 15.2. The standard InChI is InChI=1S/C34H36N2/c1-3-24-23-33(36-31-19-8-4-13-26(31)27-14-5-9-20-32(27)36)25(24)16-12-22-35-30-18-7-6-15-28(30)29-17-10-11-21-34(29,35)2/h4-8,10-15,17-19,21-22,24-25,29,33H,3,9,16,20,23H2,1-2H3/b22-12+/t24-,25?,29?,33?,34?/m1/s1. The fourth-order valence-electron chi connectivity index (χ4n) is 7.64. The van der Waals surface area contributed by atoms with Gasteiger partial charge in [0.1, 0.15) is 0 Å². The van der Waals surface area contributed by atoms with E-state index in [1.165, 1.54) is 47.0 Å². The Hall–Kier alpha value is -3.26. The number of nitrogens with zero attached hydrogens (tertiary/aromatic N) is 2. The smallest absolute Gasteiger partial charge is 0.0706 e. The molecule has 5 atom stereocenters. The normalized spacial score (nSPS) is 30.0. The molecule has 2 heterocycles. The van der Waals surface area contributed by atoms with Gasteiger partial charge in [-0.2, -0.15) is 0 Å². The average molecular weight is 473 g/mol. The first-order valence-corrected chi connectivity index (χ1v) is 13.9. The largest absolute Gasteiger partial charge is 0.341 e. The van der Waals surface area contributed by atoms with Gasteiger partial charge in [-0.05, 0) is 62.1 Å². The van der Waals surface area contributed by atoms with Gasteiger partial charge in [0, 0.05) is 46.0 Å². The van der Waals surface area contributed by atoms with Crippen molar-refractivity contribution < 1.29 is 0 Å². The fourth-order valence-corrected chi connectivity index (χ4v) is 7.64. The molecule has 1 aromatic heterocycles. The van der Waals surface area contributed by atoms with Crippen molar-refractivity contribution in [1.29, 1.82) is 0 Å². The summed E-state index contributed by atoms with van der Waals surface area (Å²) in [6, 6.07) is 18.6. The van der Waals surface area contributed by atoms with Crippen LogP contribution in [-0.2, 0) is 6.42 Å². The first-order valence-electron chi connectivity index (χ1n) is 13.9. The van der Waals surface area contributed by atoms with Crippen LogP contribution in [-0.4, -0.2) is 10.1 Å². The Balaban J connectivity index is 1.21. The van der Waals surface area contributed by atoms with E-state index >= 15 is 0 Å². The predicted molar refractivity (Wildman–Crippen MR) is 152 cm³/mol. The molecule has 3 aliphatic carbocycles. The minimum atomic E-state index is -0.0276. The van der Waals surface area contributed by atoms with E-state index in [1.54, 1.807) is 5.69 Å². The molecule has 0 N–H and O–H groups in total. The van der Waals surface area contributed by atoms with Crippen molar-refractivity contribution in [2.45, 2.75) is 63.5 Å². The molecule has 1 saturated carbocycles. The summed E-state index contributed by atoms with van der Waals surface area (Å²) in [5.74, 6) is 1.91. The van der Waals surface area contributed by atoms with Gasteiger partial charge in [0.05, 0.1) is 5.54 Å². The highest BCUT2D eigenvalue weighted by molar-refractivity contribution is 5.92. The minimum Gasteiger partial charge on any atom is -0.341 e. The van der Waals surface area contributed by atoms with Crippen LogP contribution < -0.4 is 4.90 Å². The van der Waals surface area contributed by atoms with Crippen molar-refractivity contribution in [3.05, 3.63) is 108 Å². The summed E-state index contributed by atoms with van der Waals surface area (Å²) < 4.78 is 2.75. The first kappa shape index (κ1) is 22.0. The van der Waals surface area contributed by atoms with Crippen LogP contribution in [0.25, 0.3) is 17.0 Å². The molecule has 4 aliphatic rings. The third-order valence-corrected chi connectivity index (χ3v) is 9.58. The molecule has 182 valence electrons. The molecule has 2 heteroatoms. The summed E-state index contributed by atoms with van der Waals surface area (Å²) in [6.45, 7) is 4.76. The zero-order chi connectivity index (χ0) is 24.3. The Labute approximate surface area is 215 Å². The summed E-state index contributed by atoms with van der Waals surface area (Å²) in [5, 5.41) is 1.43. The van der Waals surface area contributed by atoms with Gasteiger partial charge in [-0.3, -0.25) is 0 Å². The highest BCUT2D eigenvalue weighted by Gasteiger charge is 2.45. The number of hydrogen-bond donors (Lipinski definition) is 0. The fraction of sp³-hybridized carbons (Fsp3) is 0.353. The molecule has 7 rings (SSSR count). The third-order valence-electron chi connectivity index (χ3n) is 9.58. The molecule has 36 heavy (non-hydrogen) atoms. The average Bonchev–Trinajstić information content (AvgIpc) is 3.36. The molecule has 0 amide bonds. The summed E-state index contributed by atoms with van der Waals surface area (Å²) in [4.78, 5) is 2.53. The quantitative estimate of drug-likeness (QED) is 0.361. The van der Waals surface area contributed by atoms with Crippen molar-refractivity contribution >= 4 is 22.7 Å². The number of para-hydroxylation sites is 2. The SMILES string of the molecule is CC[C@@H]1CC(n2c3c(c4ccccc42)C=CCC3)C1C/C=C/N1c2ccccc2C2C=CC=CC21C. The van der Waals surface area contributed by atoms with Gasteiger partial charge in [0.25, 0.3) is 0 Å². The van der Waals surface area contributed by atoms with Crippen molar-refractivity contribution in [1.82, 2.24) is 4.57 Å². The van der Waals surface area contributed by atoms with Crippen LogP contribution in [0.1, 0.15) is 68.3 Å². The van der Waals surface area contributed by atoms with E-state index in [2.05, 4.69) is 121 Å². The maximum atomic E-state index is 2.75. The first-order chi connectivity index (χ1) is 17.7. The maximum Gasteiger partial charge on any atom is 0.0706 e. The van der Waals surface area contributed by atoms with Crippen LogP contribution >= 0.6 is 0 Å². The molecule has 0 saturated heterocycles. The molecule has 0 bridgehead atoms. The van der Waals surface area contributed by atoms with Gasteiger partial charge in [0.2, 0.25) is 0 Å². The Morgan fingerprint density at radius 3 is 2.83 bits per heavy atom. The molecular weight excluding hydrogens is 436 g/mol. The number of fused-ring (bicyclic) bond motifs is 6. The van der Waals surface area contributed by atoms with E-state index < -0.39 is 0 Å². The second-order valence-corrected chi connectivity index (χ2v) is 11.3. The number of anilines is 1. The monoisotopic (exact) mass is 472 g/mol. The van der Waals surface area contributed by atoms with Crippen molar-refractivity contribution in [2.24, 2.45) is 11.8 Å². The second-order valence-electron chi connectivity index (χ2n) is 11.3. The van der Waals surface area contributed by atoms with E-state index in [0.29, 0.717) is 17.9 Å². The minimum absolute atomic E-state index is 0.0276. The Morgan fingerprint density at radius 2 is 1.92 bits per heavy atom. The third kappa shape index (κ3) is 3.09. The lowest BCUT2D eigenvalue weighted by molar-refractivity contribution is 0.0799. The lowest BCUT2D eigenvalue weighted by Crippen LogP contribution is -2.42. The van der Waals surface area contributed by atoms with Crippen molar-refractivity contribution in [2.75, 3.05) is 4.90 Å². The molecule has 0 spiro atoms. The van der Waals surface area contributed by atoms with Crippen molar-refractivity contribution in [3.63, 3.8) is 0 Å². The number of aromatic nitrogens is 1. The van der Waals surface area contributed by atoms with Crippen LogP contribution in [0, 0.1) is 11.8 Å². The van der Waals surface area contributed by atoms with E-state index in [9.17, 15) is 0 Å². The van der Waals surface area contributed by atoms with Gasteiger partial charge in [-0.1, -0.05) is 92.3 Å². The van der Waals surface area contributed by atoms with E-state index in [1.807, 2.05) is 0 Å². The molecule has 3 aromatic rings. The number of hydrogen-bond acceptors (Lipinski definition) is 1. The van der Waals surface area contributed by atoms with Crippen LogP contribution in [0.2, 0.25) is 0 Å². The van der Waals surface area contributed by atoms with Crippen molar-refractivity contribution in [3.8, 4) is 0 Å². The van der Waals surface area contributed by atoms with Crippen LogP contribution in [0.4, 0.5) is 5.69 Å². The predicted octanol–water partition coefficient (Wildman–Crippen LogP) is 8.58. The lowest BCUT2D eigenvalue weighted by atomic mass is 9.66. The Morgan fingerprint density at radius 1 is 1.06 bits per heavy atom. The zero-order valence-corrected chi connectivity index (χ0v) is 21.5. The zero-order valence-electron chi connectivity index (χ0n) is 21.5. The van der Waals surface area contributed by atoms with Crippen LogP contribution in [0.5, 0.6) is 0 Å². The van der Waals surface area contributed by atoms with Gasteiger partial charge < -0.3 is 9.47 Å². The molecule has 1 aliphatic heterocycles. The summed E-state index contributed by atoms with van der Waals surface area (Å²) in [5.41, 5.74) is 7.24. The summed E-state index contributed by atoms with van der Waals surface area (Å²) in [7, 11) is 0. The molecule has 1 fully saturated rings. The summed E-state index contributed by atoms with van der Waals surface area (Å²) >= 11 is 0. The molecule has 0 radical (unpaired) electrons. The van der Waals surface area contributed by atoms with E-state index in [-0.39, 0.29) is 5.54 Å². The lowest BCUT2D eigenvalue weighted by Gasteiger charge is -2.46. The number of benzene rings is 2. The van der Waals surface area contributed by atoms with Gasteiger partial charge in [-0.25, -0.2) is 0 Å². The molecule has 2 aromatic carbocycles. The van der Waals surface area contributed by atoms with Gasteiger partial charge in [-0.15, -0.1) is 0 Å². The Kier molecular flexibility index (Phi) is 5.13. The van der Waals surface area contributed by atoms with E-state index in [4.69, 9.17) is 0 Å². The molecule has 4 unspecified atom stereocenters. The highest BCUT2D eigenvalue weighted by Crippen LogP contribution is 2.52. The second kappa shape index (κ2) is 8.40. The topological polar surface area (TPSA) is 8.17 Å². The van der Waals surface area contributed by atoms with E-state index in [0.717, 1.165) is 18.8 Å². The maximum absolute atomic E-state index is 2.75. The van der Waals surface area contributed by atoms with Crippen LogP contribution in [0.15, 0.2) is 91.2 Å². The molecular formula is C34H36N2. The molecule has 2 nitrogen and oxygen atoms in total. The van der Waals surface area contributed by atoms with Crippen LogP contribution in [0.3, 0.4) is 0 Å². The number of rotatable bonds is 5. The van der Waals surface area contributed by atoms with Gasteiger partial charge >= 0.3 is 0 Å². The number of allylic oxidation sites excluding steroid dienone is 4. The summed E-state index contributed by atoms with van der Waals surface area (Å²) in [6.07, 6.45) is 24.8. The van der Waals surface area contributed by atoms with Gasteiger partial charge in [0.15, 0.2) is 0 Å².